The van der Waals surface area contributed by atoms with Gasteiger partial charge in [0, 0.05) is 13.1 Å². The number of hydrogen-bond donors (Lipinski definition) is 1. The summed E-state index contributed by atoms with van der Waals surface area (Å²) in [6.45, 7) is 4.00. The third-order valence-electron chi connectivity index (χ3n) is 2.94. The van der Waals surface area contributed by atoms with Crippen molar-refractivity contribution in [3.63, 3.8) is 0 Å². The highest BCUT2D eigenvalue weighted by molar-refractivity contribution is 6.52. The standard InChI is InChI=1S/C13H16N2O3/c1-3-14-6-7-15-11-5-4-9(18-2)8-10(11)12(16)13(15)17/h4-5,8,14H,3,6-7H2,1-2H3. The lowest BCUT2D eigenvalue weighted by atomic mass is 10.1. The predicted octanol–water partition coefficient (Wildman–Crippen LogP) is 0.834. The number of amides is 1. The molecule has 0 atom stereocenters. The van der Waals surface area contributed by atoms with Crippen LogP contribution in [-0.4, -0.2) is 38.4 Å². The van der Waals surface area contributed by atoms with E-state index < -0.39 is 11.7 Å². The molecule has 96 valence electrons. The van der Waals surface area contributed by atoms with Crippen molar-refractivity contribution in [1.29, 1.82) is 0 Å². The minimum atomic E-state index is -0.462. The molecule has 0 bridgehead atoms. The summed E-state index contributed by atoms with van der Waals surface area (Å²) < 4.78 is 5.06. The highest BCUT2D eigenvalue weighted by atomic mass is 16.5. The predicted molar refractivity (Wildman–Crippen MR) is 68.2 cm³/mol. The fourth-order valence-electron chi connectivity index (χ4n) is 2.00. The van der Waals surface area contributed by atoms with Gasteiger partial charge in [0.05, 0.1) is 18.4 Å². The van der Waals surface area contributed by atoms with E-state index in [9.17, 15) is 9.59 Å². The van der Waals surface area contributed by atoms with Gasteiger partial charge < -0.3 is 15.0 Å². The van der Waals surface area contributed by atoms with Crippen molar-refractivity contribution >= 4 is 17.4 Å². The van der Waals surface area contributed by atoms with Crippen LogP contribution in [0.1, 0.15) is 17.3 Å². The van der Waals surface area contributed by atoms with Gasteiger partial charge in [-0.15, -0.1) is 0 Å². The van der Waals surface area contributed by atoms with Crippen LogP contribution in [0.15, 0.2) is 18.2 Å². The van der Waals surface area contributed by atoms with E-state index in [1.807, 2.05) is 6.92 Å². The van der Waals surface area contributed by atoms with E-state index in [4.69, 9.17) is 4.74 Å². The summed E-state index contributed by atoms with van der Waals surface area (Å²) in [7, 11) is 1.53. The van der Waals surface area contributed by atoms with Gasteiger partial charge >= 0.3 is 0 Å². The number of benzene rings is 1. The molecule has 0 aromatic heterocycles. The number of ketones is 1. The normalized spacial score (nSPS) is 14.0. The highest BCUT2D eigenvalue weighted by Gasteiger charge is 2.35. The quantitative estimate of drug-likeness (QED) is 0.619. The molecule has 0 saturated carbocycles. The van der Waals surface area contributed by atoms with Crippen molar-refractivity contribution in [3.05, 3.63) is 23.8 Å². The first-order valence-electron chi connectivity index (χ1n) is 5.94. The largest absolute Gasteiger partial charge is 0.497 e. The third kappa shape index (κ3) is 2.09. The highest BCUT2D eigenvalue weighted by Crippen LogP contribution is 2.31. The first kappa shape index (κ1) is 12.6. The number of Topliss-reactive ketones (excluding diaryl/α,β-unsaturated/α-hetero) is 1. The number of fused-ring (bicyclic) bond motifs is 1. The van der Waals surface area contributed by atoms with Crippen LogP contribution in [0, 0.1) is 0 Å². The number of nitrogens with one attached hydrogen (secondary N) is 1. The van der Waals surface area contributed by atoms with Crippen LogP contribution in [0.5, 0.6) is 5.75 Å². The van der Waals surface area contributed by atoms with Crippen LogP contribution in [-0.2, 0) is 4.79 Å². The lowest BCUT2D eigenvalue weighted by Crippen LogP contribution is -2.35. The summed E-state index contributed by atoms with van der Waals surface area (Å²) in [5, 5.41) is 3.13. The maximum Gasteiger partial charge on any atom is 0.299 e. The Balaban J connectivity index is 2.26. The molecule has 1 aliphatic rings. The van der Waals surface area contributed by atoms with Crippen LogP contribution < -0.4 is 15.0 Å². The van der Waals surface area contributed by atoms with Gasteiger partial charge in [0.1, 0.15) is 5.75 Å². The fourth-order valence-corrected chi connectivity index (χ4v) is 2.00. The van der Waals surface area contributed by atoms with Crippen molar-refractivity contribution in [3.8, 4) is 5.75 Å². The van der Waals surface area contributed by atoms with Crippen LogP contribution >= 0.6 is 0 Å². The number of carbonyl (C=O) groups is 2. The average Bonchev–Trinajstić information content (AvgIpc) is 2.63. The molecular formula is C13H16N2O3. The SMILES string of the molecule is CCNCCN1C(=O)C(=O)c2cc(OC)ccc21. The van der Waals surface area contributed by atoms with E-state index in [2.05, 4.69) is 5.32 Å². The average molecular weight is 248 g/mol. The number of nitrogens with zero attached hydrogens (tertiary/aromatic N) is 1. The van der Waals surface area contributed by atoms with Gasteiger partial charge in [-0.1, -0.05) is 6.92 Å². The Hall–Kier alpha value is -1.88. The molecule has 1 amide bonds. The first-order chi connectivity index (χ1) is 8.69. The van der Waals surface area contributed by atoms with Gasteiger partial charge in [-0.3, -0.25) is 9.59 Å². The molecule has 5 nitrogen and oxygen atoms in total. The summed E-state index contributed by atoms with van der Waals surface area (Å²) in [5.41, 5.74) is 1.10. The first-order valence-corrected chi connectivity index (χ1v) is 5.94. The maximum absolute atomic E-state index is 11.9. The summed E-state index contributed by atoms with van der Waals surface area (Å²) in [5.74, 6) is -0.333. The lowest BCUT2D eigenvalue weighted by Gasteiger charge is -2.16. The zero-order valence-corrected chi connectivity index (χ0v) is 10.5. The molecule has 0 saturated heterocycles. The molecule has 18 heavy (non-hydrogen) atoms. The molecule has 0 fully saturated rings. The second-order valence-corrected chi connectivity index (χ2v) is 4.02. The van der Waals surface area contributed by atoms with Crippen molar-refractivity contribution < 1.29 is 14.3 Å². The van der Waals surface area contributed by atoms with Gasteiger partial charge in [-0.2, -0.15) is 0 Å². The number of carbonyl (C=O) groups excluding carboxylic acids is 2. The number of hydrogen-bond acceptors (Lipinski definition) is 4. The van der Waals surface area contributed by atoms with E-state index in [1.165, 1.54) is 12.0 Å². The van der Waals surface area contributed by atoms with Gasteiger partial charge in [-0.05, 0) is 24.7 Å². The van der Waals surface area contributed by atoms with Crippen molar-refractivity contribution in [2.24, 2.45) is 0 Å². The topological polar surface area (TPSA) is 58.6 Å². The Kier molecular flexibility index (Phi) is 3.62. The Morgan fingerprint density at radius 2 is 2.11 bits per heavy atom. The van der Waals surface area contributed by atoms with E-state index in [0.29, 0.717) is 30.1 Å². The smallest absolute Gasteiger partial charge is 0.299 e. The van der Waals surface area contributed by atoms with Crippen molar-refractivity contribution in [2.45, 2.75) is 6.92 Å². The van der Waals surface area contributed by atoms with Gasteiger partial charge in [0.15, 0.2) is 0 Å². The van der Waals surface area contributed by atoms with Crippen molar-refractivity contribution in [2.75, 3.05) is 31.6 Å². The molecule has 5 heteroatoms. The van der Waals surface area contributed by atoms with Gasteiger partial charge in [0.2, 0.25) is 0 Å². The summed E-state index contributed by atoms with van der Waals surface area (Å²) >= 11 is 0. The Morgan fingerprint density at radius 3 is 2.78 bits per heavy atom. The fraction of sp³-hybridized carbons (Fsp3) is 0.385. The molecule has 0 unspecified atom stereocenters. The Morgan fingerprint density at radius 1 is 1.33 bits per heavy atom. The summed E-state index contributed by atoms with van der Waals surface area (Å²) in [6.07, 6.45) is 0. The van der Waals surface area contributed by atoms with Gasteiger partial charge in [0.25, 0.3) is 11.7 Å². The molecule has 1 aromatic carbocycles. The number of anilines is 1. The van der Waals surface area contributed by atoms with E-state index in [1.54, 1.807) is 18.2 Å². The number of rotatable bonds is 5. The van der Waals surface area contributed by atoms with Crippen molar-refractivity contribution in [1.82, 2.24) is 5.32 Å². The minimum absolute atomic E-state index is 0.427. The van der Waals surface area contributed by atoms with Crippen LogP contribution in [0.2, 0.25) is 0 Å². The zero-order chi connectivity index (χ0) is 13.1. The van der Waals surface area contributed by atoms with Crippen LogP contribution in [0.3, 0.4) is 0 Å². The van der Waals surface area contributed by atoms with E-state index in [0.717, 1.165) is 6.54 Å². The molecular weight excluding hydrogens is 232 g/mol. The number of ether oxygens (including phenoxy) is 1. The molecule has 0 radical (unpaired) electrons. The maximum atomic E-state index is 11.9. The van der Waals surface area contributed by atoms with Gasteiger partial charge in [-0.25, -0.2) is 0 Å². The third-order valence-corrected chi connectivity index (χ3v) is 2.94. The monoisotopic (exact) mass is 248 g/mol. The molecule has 2 rings (SSSR count). The van der Waals surface area contributed by atoms with Crippen LogP contribution in [0.25, 0.3) is 0 Å². The number of methoxy groups -OCH3 is 1. The zero-order valence-electron chi connectivity index (χ0n) is 10.5. The number of likely N-dealkylation sites (N-methyl/N-ethyl adjacent to an activating group) is 1. The molecule has 1 aliphatic heterocycles. The van der Waals surface area contributed by atoms with E-state index in [-0.39, 0.29) is 0 Å². The van der Waals surface area contributed by atoms with E-state index >= 15 is 0 Å². The Bertz CT molecular complexity index is 485. The molecule has 1 N–H and O–H groups in total. The second-order valence-electron chi connectivity index (χ2n) is 4.02. The minimum Gasteiger partial charge on any atom is -0.497 e. The molecule has 0 spiro atoms. The second kappa shape index (κ2) is 5.18. The van der Waals surface area contributed by atoms with Crippen LogP contribution in [0.4, 0.5) is 5.69 Å². The summed E-state index contributed by atoms with van der Waals surface area (Å²) in [6, 6.07) is 5.12. The molecule has 1 aromatic rings. The Labute approximate surface area is 106 Å². The molecule has 0 aliphatic carbocycles. The lowest BCUT2D eigenvalue weighted by molar-refractivity contribution is -0.114. The summed E-state index contributed by atoms with van der Waals surface area (Å²) in [4.78, 5) is 25.2. The molecule has 1 heterocycles.